The molecule has 0 bridgehead atoms. The molecule has 3 amide bonds. The third-order valence-electron chi connectivity index (χ3n) is 1.99. The van der Waals surface area contributed by atoms with E-state index in [1.54, 1.807) is 5.32 Å². The number of rotatable bonds is 3. The van der Waals surface area contributed by atoms with Crippen molar-refractivity contribution < 1.29 is 22.8 Å². The maximum Gasteiger partial charge on any atom is 0.417 e. The van der Waals surface area contributed by atoms with E-state index in [1.807, 2.05) is 0 Å². The Kier molecular flexibility index (Phi) is 4.76. The van der Waals surface area contributed by atoms with Crippen molar-refractivity contribution in [2.24, 2.45) is 5.73 Å². The molecule has 0 aliphatic carbocycles. The van der Waals surface area contributed by atoms with Gasteiger partial charge in [0, 0.05) is 10.2 Å². The zero-order valence-corrected chi connectivity index (χ0v) is 10.9. The predicted molar refractivity (Wildman–Crippen MR) is 65.4 cm³/mol. The minimum absolute atomic E-state index is 0.0927. The quantitative estimate of drug-likeness (QED) is 0.788. The van der Waals surface area contributed by atoms with Crippen molar-refractivity contribution in [2.75, 3.05) is 11.9 Å². The number of anilines is 1. The highest BCUT2D eigenvalue weighted by Crippen LogP contribution is 2.36. The highest BCUT2D eigenvalue weighted by atomic mass is 79.9. The summed E-state index contributed by atoms with van der Waals surface area (Å²) in [6.07, 6.45) is -4.51. The lowest BCUT2D eigenvalue weighted by Crippen LogP contribution is -2.38. The summed E-state index contributed by atoms with van der Waals surface area (Å²) in [5.74, 6) is -0.746. The van der Waals surface area contributed by atoms with Gasteiger partial charge in [0.2, 0.25) is 5.91 Å². The second-order valence-electron chi connectivity index (χ2n) is 3.46. The lowest BCUT2D eigenvalue weighted by Gasteiger charge is -2.12. The van der Waals surface area contributed by atoms with Crippen molar-refractivity contribution in [3.8, 4) is 0 Å². The molecule has 0 heterocycles. The first-order valence-electron chi connectivity index (χ1n) is 4.90. The van der Waals surface area contributed by atoms with Crippen molar-refractivity contribution in [3.05, 3.63) is 28.2 Å². The van der Waals surface area contributed by atoms with Crippen LogP contribution in [-0.2, 0) is 11.0 Å². The minimum Gasteiger partial charge on any atom is -0.376 e. The van der Waals surface area contributed by atoms with Gasteiger partial charge in [0.15, 0.2) is 0 Å². The first-order chi connectivity index (χ1) is 8.70. The molecule has 9 heteroatoms. The van der Waals surface area contributed by atoms with Crippen molar-refractivity contribution in [1.29, 1.82) is 0 Å². The fourth-order valence-corrected chi connectivity index (χ4v) is 1.69. The second-order valence-corrected chi connectivity index (χ2v) is 4.31. The molecule has 0 aromatic heterocycles. The molecule has 0 aliphatic heterocycles. The molecule has 0 saturated carbocycles. The van der Waals surface area contributed by atoms with Gasteiger partial charge in [-0.3, -0.25) is 10.1 Å². The van der Waals surface area contributed by atoms with Gasteiger partial charge < -0.3 is 11.1 Å². The van der Waals surface area contributed by atoms with E-state index in [1.165, 1.54) is 12.1 Å². The number of nitrogens with one attached hydrogen (secondary N) is 2. The highest BCUT2D eigenvalue weighted by molar-refractivity contribution is 9.10. The Balaban J connectivity index is 2.76. The van der Waals surface area contributed by atoms with Gasteiger partial charge in [0.25, 0.3) is 0 Å². The first-order valence-corrected chi connectivity index (χ1v) is 5.69. The van der Waals surface area contributed by atoms with Crippen molar-refractivity contribution in [3.63, 3.8) is 0 Å². The molecule has 1 aromatic rings. The molecule has 0 unspecified atom stereocenters. The van der Waals surface area contributed by atoms with Crippen molar-refractivity contribution in [1.82, 2.24) is 5.32 Å². The summed E-state index contributed by atoms with van der Waals surface area (Å²) in [6.45, 7) is -0.373. The fourth-order valence-electron chi connectivity index (χ4n) is 1.22. The van der Waals surface area contributed by atoms with Gasteiger partial charge in [-0.25, -0.2) is 4.79 Å². The predicted octanol–water partition coefficient (Wildman–Crippen LogP) is 2.07. The molecule has 0 atom stereocenters. The Labute approximate surface area is 114 Å². The number of carbonyl (C=O) groups excluding carboxylic acids is 2. The zero-order chi connectivity index (χ0) is 14.6. The van der Waals surface area contributed by atoms with E-state index in [4.69, 9.17) is 5.73 Å². The average molecular weight is 340 g/mol. The topological polar surface area (TPSA) is 84.2 Å². The highest BCUT2D eigenvalue weighted by Gasteiger charge is 2.33. The molecule has 0 fully saturated rings. The minimum atomic E-state index is -4.51. The number of imide groups is 1. The van der Waals surface area contributed by atoms with Gasteiger partial charge in [0.1, 0.15) is 0 Å². The largest absolute Gasteiger partial charge is 0.417 e. The van der Waals surface area contributed by atoms with Crippen LogP contribution in [0.2, 0.25) is 0 Å². The summed E-state index contributed by atoms with van der Waals surface area (Å²) in [5, 5.41) is 4.22. The van der Waals surface area contributed by atoms with E-state index >= 15 is 0 Å². The van der Waals surface area contributed by atoms with E-state index < -0.39 is 23.7 Å². The summed E-state index contributed by atoms with van der Waals surface area (Å²) in [4.78, 5) is 21.4. The van der Waals surface area contributed by atoms with Crippen LogP contribution in [0.15, 0.2) is 22.7 Å². The van der Waals surface area contributed by atoms with Crippen molar-refractivity contribution in [2.45, 2.75) is 6.18 Å². The van der Waals surface area contributed by atoms with Gasteiger partial charge >= 0.3 is 12.2 Å². The second kappa shape index (κ2) is 5.91. The summed E-state index contributed by atoms with van der Waals surface area (Å²) >= 11 is 2.79. The number of primary amides is 1. The molecule has 0 spiro atoms. The Morgan fingerprint density at radius 2 is 1.95 bits per heavy atom. The van der Waals surface area contributed by atoms with Crippen LogP contribution in [0.4, 0.5) is 23.7 Å². The van der Waals surface area contributed by atoms with Gasteiger partial charge in [-0.15, -0.1) is 0 Å². The van der Waals surface area contributed by atoms with Gasteiger partial charge in [0.05, 0.1) is 12.1 Å². The summed E-state index contributed by atoms with van der Waals surface area (Å²) in [7, 11) is 0. The van der Waals surface area contributed by atoms with E-state index in [2.05, 4.69) is 21.2 Å². The maximum atomic E-state index is 12.6. The van der Waals surface area contributed by atoms with Crippen LogP contribution in [0.25, 0.3) is 0 Å². The van der Waals surface area contributed by atoms with Crippen LogP contribution >= 0.6 is 15.9 Å². The fraction of sp³-hybridized carbons (Fsp3) is 0.200. The Hall–Kier alpha value is -1.77. The molecule has 1 rings (SSSR count). The molecule has 0 saturated heterocycles. The number of carbonyl (C=O) groups is 2. The Bertz CT molecular complexity index is 505. The molecule has 1 aromatic carbocycles. The molecular formula is C10H9BrF3N3O2. The van der Waals surface area contributed by atoms with E-state index in [-0.39, 0.29) is 16.7 Å². The summed E-state index contributed by atoms with van der Waals surface area (Å²) in [5.41, 5.74) is 3.93. The Morgan fingerprint density at radius 1 is 1.32 bits per heavy atom. The van der Waals surface area contributed by atoms with Gasteiger partial charge in [-0.05, 0) is 18.2 Å². The molecule has 5 nitrogen and oxygen atoms in total. The first kappa shape index (κ1) is 15.3. The number of hydrogen-bond acceptors (Lipinski definition) is 3. The average Bonchev–Trinajstić information content (AvgIpc) is 2.25. The number of benzene rings is 1. The van der Waals surface area contributed by atoms with Crippen LogP contribution in [-0.4, -0.2) is 18.5 Å². The number of amides is 3. The van der Waals surface area contributed by atoms with Gasteiger partial charge in [-0.2, -0.15) is 13.2 Å². The van der Waals surface area contributed by atoms with Crippen LogP contribution in [0.5, 0.6) is 0 Å². The SMILES string of the molecule is NC(=O)NC(=O)CNc1ccc(Br)c(C(F)(F)F)c1. The van der Waals surface area contributed by atoms with E-state index in [9.17, 15) is 22.8 Å². The summed E-state index contributed by atoms with van der Waals surface area (Å²) in [6, 6.07) is 2.38. The van der Waals surface area contributed by atoms with Crippen molar-refractivity contribution >= 4 is 33.6 Å². The zero-order valence-electron chi connectivity index (χ0n) is 9.34. The molecule has 0 radical (unpaired) electrons. The molecule has 4 N–H and O–H groups in total. The monoisotopic (exact) mass is 339 g/mol. The Morgan fingerprint density at radius 3 is 2.47 bits per heavy atom. The van der Waals surface area contributed by atoms with Crippen LogP contribution in [0.3, 0.4) is 0 Å². The third kappa shape index (κ3) is 4.78. The third-order valence-corrected chi connectivity index (χ3v) is 2.68. The maximum absolute atomic E-state index is 12.6. The number of hydrogen-bond donors (Lipinski definition) is 3. The lowest BCUT2D eigenvalue weighted by atomic mass is 10.2. The van der Waals surface area contributed by atoms with Gasteiger partial charge in [-0.1, -0.05) is 15.9 Å². The standard InChI is InChI=1S/C10H9BrF3N3O2/c11-7-2-1-5(3-6(7)10(12,13)14)16-4-8(18)17-9(15)19/h1-3,16H,4H2,(H3,15,17,18,19). The smallest absolute Gasteiger partial charge is 0.376 e. The van der Waals surface area contributed by atoms with Crippen LogP contribution in [0.1, 0.15) is 5.56 Å². The van der Waals surface area contributed by atoms with E-state index in [0.29, 0.717) is 0 Å². The van der Waals surface area contributed by atoms with Crippen LogP contribution in [0, 0.1) is 0 Å². The lowest BCUT2D eigenvalue weighted by molar-refractivity contribution is -0.138. The number of nitrogens with two attached hydrogens (primary N) is 1. The van der Waals surface area contributed by atoms with Crippen LogP contribution < -0.4 is 16.4 Å². The molecule has 104 valence electrons. The summed E-state index contributed by atoms with van der Waals surface area (Å²) < 4.78 is 37.7. The number of alkyl halides is 3. The van der Waals surface area contributed by atoms with E-state index in [0.717, 1.165) is 6.07 Å². The normalized spacial score (nSPS) is 10.9. The number of urea groups is 1. The number of halogens is 4. The molecule has 19 heavy (non-hydrogen) atoms. The molecule has 0 aliphatic rings. The molecular weight excluding hydrogens is 331 g/mol.